The number of rotatable bonds is 9. The third-order valence-corrected chi connectivity index (χ3v) is 5.24. The predicted octanol–water partition coefficient (Wildman–Crippen LogP) is 2.96. The van der Waals surface area contributed by atoms with Crippen molar-refractivity contribution in [2.45, 2.75) is 64.4 Å². The number of benzene rings is 1. The van der Waals surface area contributed by atoms with Crippen LogP contribution in [0.25, 0.3) is 0 Å². The first-order valence-electron chi connectivity index (χ1n) is 7.77. The fraction of sp³-hybridized carbons (Fsp3) is 0.625. The van der Waals surface area contributed by atoms with Crippen LogP contribution >= 0.6 is 0 Å². The minimum Gasteiger partial charge on any atom is -0.313 e. The summed E-state index contributed by atoms with van der Waals surface area (Å²) in [6.45, 7) is 9.50. The molecular weight excluding hydrogens is 284 g/mol. The molecule has 5 heteroatoms. The fourth-order valence-corrected chi connectivity index (χ4v) is 3.94. The van der Waals surface area contributed by atoms with E-state index in [1.807, 2.05) is 32.9 Å². The lowest BCUT2D eigenvalue weighted by molar-refractivity contribution is 0.512. The monoisotopic (exact) mass is 312 g/mol. The predicted molar refractivity (Wildman–Crippen MR) is 87.9 cm³/mol. The number of hydrogen-bond donors (Lipinski definition) is 2. The van der Waals surface area contributed by atoms with E-state index in [2.05, 4.69) is 17.0 Å². The topological polar surface area (TPSA) is 58.2 Å². The van der Waals surface area contributed by atoms with Crippen LogP contribution in [-0.2, 0) is 16.6 Å². The van der Waals surface area contributed by atoms with Gasteiger partial charge in [0.1, 0.15) is 0 Å². The zero-order valence-corrected chi connectivity index (χ0v) is 14.4. The van der Waals surface area contributed by atoms with Crippen LogP contribution in [0.4, 0.5) is 0 Å². The molecule has 2 N–H and O–H groups in total. The molecule has 4 nitrogen and oxygen atoms in total. The molecule has 0 aliphatic rings. The highest BCUT2D eigenvalue weighted by Gasteiger charge is 2.20. The van der Waals surface area contributed by atoms with Gasteiger partial charge in [0.05, 0.1) is 4.90 Å². The number of sulfonamides is 1. The van der Waals surface area contributed by atoms with Crippen LogP contribution in [0.1, 0.15) is 51.2 Å². The van der Waals surface area contributed by atoms with Gasteiger partial charge in [-0.2, -0.15) is 0 Å². The second-order valence-corrected chi connectivity index (χ2v) is 7.08. The minimum absolute atomic E-state index is 0.0109. The van der Waals surface area contributed by atoms with Gasteiger partial charge in [-0.1, -0.05) is 39.3 Å². The lowest BCUT2D eigenvalue weighted by atomic mass is 10.1. The summed E-state index contributed by atoms with van der Waals surface area (Å²) < 4.78 is 28.0. The van der Waals surface area contributed by atoms with Crippen molar-refractivity contribution in [3.63, 3.8) is 0 Å². The Morgan fingerprint density at radius 2 is 1.90 bits per heavy atom. The largest absolute Gasteiger partial charge is 0.313 e. The van der Waals surface area contributed by atoms with Gasteiger partial charge in [0.25, 0.3) is 0 Å². The van der Waals surface area contributed by atoms with E-state index in [4.69, 9.17) is 0 Å². The van der Waals surface area contributed by atoms with E-state index >= 15 is 0 Å². The van der Waals surface area contributed by atoms with E-state index in [9.17, 15) is 8.42 Å². The van der Waals surface area contributed by atoms with Gasteiger partial charge >= 0.3 is 0 Å². The van der Waals surface area contributed by atoms with Gasteiger partial charge in [-0.3, -0.25) is 0 Å². The Balaban J connectivity index is 3.00. The molecule has 0 amide bonds. The highest BCUT2D eigenvalue weighted by atomic mass is 32.2. The van der Waals surface area contributed by atoms with Gasteiger partial charge in [0, 0.05) is 12.6 Å². The molecule has 1 aromatic carbocycles. The summed E-state index contributed by atoms with van der Waals surface area (Å²) in [5.74, 6) is 0. The zero-order valence-electron chi connectivity index (χ0n) is 13.6. The normalized spacial score (nSPS) is 13.3. The number of aryl methyl sites for hydroxylation is 1. The first kappa shape index (κ1) is 18.1. The fourth-order valence-electron chi connectivity index (χ4n) is 2.29. The summed E-state index contributed by atoms with van der Waals surface area (Å²) in [5.41, 5.74) is 1.78. The van der Waals surface area contributed by atoms with Crippen LogP contribution in [0, 0.1) is 6.92 Å². The highest BCUT2D eigenvalue weighted by molar-refractivity contribution is 7.89. The molecule has 0 radical (unpaired) electrons. The second-order valence-electron chi connectivity index (χ2n) is 5.40. The molecule has 1 aromatic rings. The molecule has 0 aromatic heterocycles. The standard InChI is InChI=1S/C16H28N2O2S/c1-5-8-15(6-2)18-21(19,20)16-11-14(12-17-7-3)10-9-13(16)4/h9-11,15,17-18H,5-8,12H2,1-4H3. The molecule has 0 fully saturated rings. The van der Waals surface area contributed by atoms with Gasteiger partial charge < -0.3 is 5.32 Å². The summed E-state index contributed by atoms with van der Waals surface area (Å²) in [4.78, 5) is 0.396. The molecule has 0 saturated carbocycles. The average Bonchev–Trinajstić information content (AvgIpc) is 2.45. The summed E-state index contributed by atoms with van der Waals surface area (Å²) in [6, 6.07) is 5.64. The van der Waals surface area contributed by atoms with Gasteiger partial charge in [0.15, 0.2) is 0 Å². The van der Waals surface area contributed by atoms with E-state index < -0.39 is 10.0 Å². The molecule has 0 saturated heterocycles. The van der Waals surface area contributed by atoms with Crippen LogP contribution in [0.3, 0.4) is 0 Å². The molecule has 120 valence electrons. The van der Waals surface area contributed by atoms with Crippen LogP contribution < -0.4 is 10.0 Å². The van der Waals surface area contributed by atoms with Crippen molar-refractivity contribution >= 4 is 10.0 Å². The third-order valence-electron chi connectivity index (χ3n) is 3.57. The minimum atomic E-state index is -3.45. The van der Waals surface area contributed by atoms with Crippen LogP contribution in [-0.4, -0.2) is 21.0 Å². The second kappa shape index (κ2) is 8.51. The molecule has 21 heavy (non-hydrogen) atoms. The molecule has 0 aliphatic heterocycles. The lowest BCUT2D eigenvalue weighted by Crippen LogP contribution is -2.34. The molecule has 1 rings (SSSR count). The Kier molecular flexibility index (Phi) is 7.35. The first-order valence-corrected chi connectivity index (χ1v) is 9.25. The Morgan fingerprint density at radius 3 is 2.48 bits per heavy atom. The van der Waals surface area contributed by atoms with E-state index in [1.165, 1.54) is 0 Å². The molecule has 0 bridgehead atoms. The van der Waals surface area contributed by atoms with E-state index in [-0.39, 0.29) is 6.04 Å². The van der Waals surface area contributed by atoms with Crippen LogP contribution in [0.5, 0.6) is 0 Å². The smallest absolute Gasteiger partial charge is 0.241 e. The summed E-state index contributed by atoms with van der Waals surface area (Å²) in [7, 11) is -3.45. The van der Waals surface area contributed by atoms with E-state index in [1.54, 1.807) is 6.07 Å². The van der Waals surface area contributed by atoms with Gasteiger partial charge in [-0.05, 0) is 43.5 Å². The Hall–Kier alpha value is -0.910. The maximum atomic E-state index is 12.6. The van der Waals surface area contributed by atoms with Crippen molar-refractivity contribution in [2.75, 3.05) is 6.54 Å². The van der Waals surface area contributed by atoms with Gasteiger partial charge in [0.2, 0.25) is 10.0 Å². The average molecular weight is 312 g/mol. The molecule has 0 aliphatic carbocycles. The first-order chi connectivity index (χ1) is 9.94. The van der Waals surface area contributed by atoms with Crippen molar-refractivity contribution in [1.82, 2.24) is 10.0 Å². The van der Waals surface area contributed by atoms with Crippen molar-refractivity contribution in [1.29, 1.82) is 0 Å². The maximum Gasteiger partial charge on any atom is 0.241 e. The van der Waals surface area contributed by atoms with Crippen LogP contribution in [0.15, 0.2) is 23.1 Å². The van der Waals surface area contributed by atoms with Gasteiger partial charge in [-0.25, -0.2) is 13.1 Å². The third kappa shape index (κ3) is 5.41. The summed E-state index contributed by atoms with van der Waals surface area (Å²) >= 11 is 0. The maximum absolute atomic E-state index is 12.6. The molecule has 0 spiro atoms. The van der Waals surface area contributed by atoms with E-state index in [0.717, 1.165) is 36.9 Å². The lowest BCUT2D eigenvalue weighted by Gasteiger charge is -2.18. The van der Waals surface area contributed by atoms with E-state index in [0.29, 0.717) is 11.4 Å². The highest BCUT2D eigenvalue weighted by Crippen LogP contribution is 2.18. The van der Waals surface area contributed by atoms with Crippen molar-refractivity contribution in [3.05, 3.63) is 29.3 Å². The van der Waals surface area contributed by atoms with Crippen molar-refractivity contribution in [3.8, 4) is 0 Å². The SMILES string of the molecule is CCCC(CC)NS(=O)(=O)c1cc(CNCC)ccc1C. The molecule has 1 unspecified atom stereocenters. The quantitative estimate of drug-likeness (QED) is 0.737. The van der Waals surface area contributed by atoms with Crippen molar-refractivity contribution in [2.24, 2.45) is 0 Å². The van der Waals surface area contributed by atoms with Gasteiger partial charge in [-0.15, -0.1) is 0 Å². The molecular formula is C16H28N2O2S. The zero-order chi connectivity index (χ0) is 15.9. The Morgan fingerprint density at radius 1 is 1.19 bits per heavy atom. The molecule has 0 heterocycles. The van der Waals surface area contributed by atoms with Crippen molar-refractivity contribution < 1.29 is 8.42 Å². The number of hydrogen-bond acceptors (Lipinski definition) is 3. The summed E-state index contributed by atoms with van der Waals surface area (Å²) in [6.07, 6.45) is 2.65. The number of nitrogens with one attached hydrogen (secondary N) is 2. The van der Waals surface area contributed by atoms with Crippen LogP contribution in [0.2, 0.25) is 0 Å². The Bertz CT molecular complexity index is 541. The Labute approximate surface area is 129 Å². The summed E-state index contributed by atoms with van der Waals surface area (Å²) in [5, 5.41) is 3.22. The molecule has 1 atom stereocenters.